The summed E-state index contributed by atoms with van der Waals surface area (Å²) in [7, 11) is 1.71. The number of amides is 2. The average Bonchev–Trinajstić information content (AvgIpc) is 4.02. The van der Waals surface area contributed by atoms with Crippen molar-refractivity contribution in [3.63, 3.8) is 0 Å². The summed E-state index contributed by atoms with van der Waals surface area (Å²) in [4.78, 5) is 59.0. The van der Waals surface area contributed by atoms with Gasteiger partial charge in [0, 0.05) is 70.6 Å². The van der Waals surface area contributed by atoms with Gasteiger partial charge in [-0.25, -0.2) is 13.6 Å². The molecule has 11 rings (SSSR count). The van der Waals surface area contributed by atoms with Crippen LogP contribution in [0.25, 0.3) is 44.0 Å². The van der Waals surface area contributed by atoms with Gasteiger partial charge in [0.15, 0.2) is 5.82 Å². The summed E-state index contributed by atoms with van der Waals surface area (Å²) in [6, 6.07) is 11.5. The summed E-state index contributed by atoms with van der Waals surface area (Å²) in [6.45, 7) is 9.35. The molecule has 3 aromatic heterocycles. The second-order valence-corrected chi connectivity index (χ2v) is 21.5. The van der Waals surface area contributed by atoms with E-state index in [4.69, 9.17) is 19.4 Å². The first-order valence-corrected chi connectivity index (χ1v) is 26.2. The first-order valence-electron chi connectivity index (χ1n) is 26.2. The minimum Gasteiger partial charge on any atom is -0.508 e. The summed E-state index contributed by atoms with van der Waals surface area (Å²) in [5.41, 5.74) is 1.69. The van der Waals surface area contributed by atoms with Crippen molar-refractivity contribution >= 4 is 50.3 Å². The Labute approximate surface area is 422 Å². The molecule has 3 aromatic carbocycles. The van der Waals surface area contributed by atoms with Crippen molar-refractivity contribution in [1.29, 1.82) is 0 Å². The van der Waals surface area contributed by atoms with Gasteiger partial charge in [-0.3, -0.25) is 33.9 Å². The molecule has 16 nitrogen and oxygen atoms in total. The molecule has 3 N–H and O–H groups in total. The highest BCUT2D eigenvalue weighted by Gasteiger charge is 2.50. The average molecular weight is 1000 g/mol. The lowest BCUT2D eigenvalue weighted by molar-refractivity contribution is -0.135. The highest BCUT2D eigenvalue weighted by Crippen LogP contribution is 2.44. The van der Waals surface area contributed by atoms with Gasteiger partial charge in [0.05, 0.1) is 33.7 Å². The highest BCUT2D eigenvalue weighted by molar-refractivity contribution is 6.02. The number of rotatable bonds is 14. The number of halogens is 2. The molecule has 18 heteroatoms. The van der Waals surface area contributed by atoms with Crippen LogP contribution in [0.4, 0.5) is 14.6 Å². The number of aromatic hydroxyl groups is 1. The predicted molar refractivity (Wildman–Crippen MR) is 273 cm³/mol. The second kappa shape index (κ2) is 19.6. The smallest absolute Gasteiger partial charge is 0.329 e. The molecule has 386 valence electrons. The number of hydrogen-bond acceptors (Lipinski definition) is 13. The molecule has 4 atom stereocenters. The Bertz CT molecular complexity index is 3190. The first kappa shape index (κ1) is 49.1. The van der Waals surface area contributed by atoms with Crippen LogP contribution in [0, 0.1) is 11.6 Å². The number of carbonyl (C=O) groups is 2. The standard InChI is InChI=1S/C55H65F2N9O7/c1-4-38-41(56)11-10-34-27-36(67)28-39(46(34)38)48-47(57)49-40(29-58-48)50(64-21-6-18-54(2,71)31-64)61-52(60-49)73-32-55-19-7-22-65(55)35(15-20-55)30-63-23-16-37(17-24-63)72-25-5-8-33-9-12-42-44(26-33)62(3)53(70)66(42)43-13-14-45(68)59-51(43)69/h9-12,26-29,35,37,43,67,71H,4-8,13-25,30-32H2,1-3H3,(H,59,68,69)/t35-,43?,54+,55-/m0/s1. The number of benzene rings is 3. The molecule has 6 aromatic rings. The molecule has 0 saturated carbocycles. The lowest BCUT2D eigenvalue weighted by Crippen LogP contribution is -2.51. The van der Waals surface area contributed by atoms with E-state index in [-0.39, 0.29) is 64.7 Å². The molecule has 0 radical (unpaired) electrons. The Balaban J connectivity index is 0.734. The number of ether oxygens (including phenoxy) is 2. The van der Waals surface area contributed by atoms with E-state index >= 15 is 8.78 Å². The highest BCUT2D eigenvalue weighted by atomic mass is 19.1. The number of carbonyl (C=O) groups excluding carboxylic acids is 2. The van der Waals surface area contributed by atoms with E-state index in [2.05, 4.69) is 20.1 Å². The number of fused-ring (bicyclic) bond motifs is 4. The first-order chi connectivity index (χ1) is 35.2. The molecular weight excluding hydrogens is 937 g/mol. The van der Waals surface area contributed by atoms with Gasteiger partial charge in [0.2, 0.25) is 11.8 Å². The molecule has 8 heterocycles. The van der Waals surface area contributed by atoms with Gasteiger partial charge in [-0.2, -0.15) is 9.97 Å². The van der Waals surface area contributed by atoms with Gasteiger partial charge in [0.1, 0.15) is 41.2 Å². The number of piperidine rings is 3. The fourth-order valence-electron chi connectivity index (χ4n) is 12.8. The quantitative estimate of drug-likeness (QED) is 0.0762. The number of nitrogens with zero attached hydrogens (tertiary/aromatic N) is 8. The zero-order chi connectivity index (χ0) is 50.8. The number of aryl methyl sites for hydroxylation is 3. The number of pyridine rings is 1. The Morgan fingerprint density at radius 2 is 1.75 bits per heavy atom. The Hall–Kier alpha value is -6.08. The van der Waals surface area contributed by atoms with Crippen molar-refractivity contribution in [1.82, 2.24) is 39.2 Å². The van der Waals surface area contributed by atoms with Gasteiger partial charge in [-0.05, 0) is 143 Å². The number of nitrogens with one attached hydrogen (secondary N) is 1. The third-order valence-electron chi connectivity index (χ3n) is 16.5. The van der Waals surface area contributed by atoms with Crippen molar-refractivity contribution in [3.05, 3.63) is 81.9 Å². The van der Waals surface area contributed by atoms with E-state index in [9.17, 15) is 24.6 Å². The largest absolute Gasteiger partial charge is 0.508 e. The zero-order valence-corrected chi connectivity index (χ0v) is 42.0. The molecule has 5 saturated heterocycles. The molecule has 5 fully saturated rings. The number of aliphatic hydroxyl groups is 1. The normalized spacial score (nSPS) is 24.3. The molecule has 0 spiro atoms. The van der Waals surface area contributed by atoms with Crippen LogP contribution in [0.5, 0.6) is 11.8 Å². The number of β-amino-alcohol motifs (C(OH)–C–C–N with tert-alkyl or cyclic N) is 1. The third kappa shape index (κ3) is 9.33. The van der Waals surface area contributed by atoms with Crippen molar-refractivity contribution in [2.45, 2.75) is 127 Å². The summed E-state index contributed by atoms with van der Waals surface area (Å²) in [5.74, 6) is -1.55. The summed E-state index contributed by atoms with van der Waals surface area (Å²) in [5, 5.41) is 25.7. The summed E-state index contributed by atoms with van der Waals surface area (Å²) >= 11 is 0. The van der Waals surface area contributed by atoms with E-state index in [1.807, 2.05) is 30.0 Å². The number of phenols is 1. The fourth-order valence-corrected chi connectivity index (χ4v) is 12.8. The van der Waals surface area contributed by atoms with Gasteiger partial charge in [-0.1, -0.05) is 19.1 Å². The number of hydrogen-bond donors (Lipinski definition) is 3. The molecule has 0 aliphatic carbocycles. The van der Waals surface area contributed by atoms with Crippen LogP contribution in [0.2, 0.25) is 0 Å². The van der Waals surface area contributed by atoms with Gasteiger partial charge in [0.25, 0.3) is 0 Å². The van der Waals surface area contributed by atoms with Crippen molar-refractivity contribution in [2.75, 3.05) is 57.4 Å². The maximum atomic E-state index is 17.3. The van der Waals surface area contributed by atoms with E-state index in [1.54, 1.807) is 30.7 Å². The minimum absolute atomic E-state index is 0.00561. The molecule has 73 heavy (non-hydrogen) atoms. The summed E-state index contributed by atoms with van der Waals surface area (Å²) < 4.78 is 48.6. The number of phenolic OH excluding ortho intramolecular Hbond substituents is 1. The topological polar surface area (TPSA) is 180 Å². The Morgan fingerprint density at radius 1 is 0.932 bits per heavy atom. The predicted octanol–water partition coefficient (Wildman–Crippen LogP) is 6.86. The zero-order valence-electron chi connectivity index (χ0n) is 42.0. The Kier molecular flexibility index (Phi) is 13.2. The van der Waals surface area contributed by atoms with Gasteiger partial charge < -0.3 is 29.5 Å². The molecule has 2 amide bonds. The van der Waals surface area contributed by atoms with Crippen LogP contribution >= 0.6 is 0 Å². The summed E-state index contributed by atoms with van der Waals surface area (Å²) in [6.07, 6.45) is 11.5. The van der Waals surface area contributed by atoms with E-state index in [0.29, 0.717) is 84.5 Å². The van der Waals surface area contributed by atoms with Crippen LogP contribution in [-0.4, -0.2) is 132 Å². The third-order valence-corrected chi connectivity index (χ3v) is 16.5. The molecule has 5 aliphatic heterocycles. The lowest BCUT2D eigenvalue weighted by atomic mass is 9.94. The maximum absolute atomic E-state index is 17.3. The molecular formula is C55H65F2N9O7. The second-order valence-electron chi connectivity index (χ2n) is 21.5. The van der Waals surface area contributed by atoms with Crippen molar-refractivity contribution < 1.29 is 38.1 Å². The van der Waals surface area contributed by atoms with Crippen molar-refractivity contribution in [3.8, 4) is 23.0 Å². The number of aromatic nitrogens is 5. The van der Waals surface area contributed by atoms with E-state index in [1.165, 1.54) is 22.9 Å². The van der Waals surface area contributed by atoms with E-state index < -0.39 is 29.2 Å². The Morgan fingerprint density at radius 3 is 2.55 bits per heavy atom. The number of imidazole rings is 1. The van der Waals surface area contributed by atoms with Gasteiger partial charge >= 0.3 is 11.7 Å². The van der Waals surface area contributed by atoms with E-state index in [0.717, 1.165) is 88.6 Å². The molecule has 0 bridgehead atoms. The maximum Gasteiger partial charge on any atom is 0.329 e. The number of anilines is 1. The SMILES string of the molecule is CCc1c(F)ccc2cc(O)cc(-c3ncc4c(N5CCC[C@@](C)(O)C5)nc(OC[C@@]56CCCN5[C@H](CN5CCC(OCCCc7ccc8c(c7)n(C)c(=O)n8C7CCC(=O)NC7=O)CC5)CC6)nc4c3F)c12. The number of imide groups is 1. The minimum atomic E-state index is -0.977. The van der Waals surface area contributed by atoms with Crippen LogP contribution in [-0.2, 0) is 34.2 Å². The van der Waals surface area contributed by atoms with Crippen LogP contribution in [0.15, 0.2) is 53.5 Å². The molecule has 1 unspecified atom stereocenters. The van der Waals surface area contributed by atoms with Crippen molar-refractivity contribution in [2.24, 2.45) is 7.05 Å². The van der Waals surface area contributed by atoms with Crippen LogP contribution in [0.1, 0.15) is 102 Å². The van der Waals surface area contributed by atoms with Gasteiger partial charge in [-0.15, -0.1) is 0 Å². The monoisotopic (exact) mass is 1000 g/mol. The van der Waals surface area contributed by atoms with Crippen LogP contribution < -0.4 is 20.6 Å². The lowest BCUT2D eigenvalue weighted by Gasteiger charge is -2.39. The molecule has 5 aliphatic rings. The fraction of sp³-hybridized carbons (Fsp3) is 0.527. The number of likely N-dealkylation sites (tertiary alicyclic amines) is 1. The van der Waals surface area contributed by atoms with Crippen LogP contribution in [0.3, 0.4) is 0 Å².